The van der Waals surface area contributed by atoms with E-state index in [0.29, 0.717) is 24.5 Å². The van der Waals surface area contributed by atoms with E-state index in [1.54, 1.807) is 0 Å². The molecule has 0 aromatic carbocycles. The number of nitrogens with zero attached hydrogens (tertiary/aromatic N) is 1. The quantitative estimate of drug-likeness (QED) is 0.815. The summed E-state index contributed by atoms with van der Waals surface area (Å²) in [6.07, 6.45) is 3.93. The number of nitrogens with one attached hydrogen (secondary N) is 1. The largest absolute Gasteiger partial charge is 0.462 e. The Hall–Kier alpha value is -1.07. The van der Waals surface area contributed by atoms with Gasteiger partial charge in [-0.2, -0.15) is 4.98 Å². The maximum Gasteiger partial charge on any atom is 0.297 e. The van der Waals surface area contributed by atoms with Crippen LogP contribution in [-0.4, -0.2) is 34.2 Å². The van der Waals surface area contributed by atoms with Gasteiger partial charge in [-0.1, -0.05) is 0 Å². The zero-order valence-corrected chi connectivity index (χ0v) is 9.94. The first-order valence-corrected chi connectivity index (χ1v) is 6.17. The van der Waals surface area contributed by atoms with Crippen LogP contribution >= 0.6 is 11.6 Å². The van der Waals surface area contributed by atoms with E-state index in [9.17, 15) is 4.79 Å². The van der Waals surface area contributed by atoms with Crippen molar-refractivity contribution in [3.05, 3.63) is 22.6 Å². The molecule has 1 aromatic heterocycles. The fraction of sp³-hybridized carbons (Fsp3) is 0.636. The SMILES string of the molecule is O=c1cc[nH]c(OC[C@]2(CCl)CC3C[C@@H]3O2)n1. The number of rotatable bonds is 4. The summed E-state index contributed by atoms with van der Waals surface area (Å²) in [5, 5.41) is 0. The third-order valence-electron chi connectivity index (χ3n) is 3.25. The van der Waals surface area contributed by atoms with E-state index in [1.165, 1.54) is 12.3 Å². The number of hydrogen-bond donors (Lipinski definition) is 1. The Morgan fingerprint density at radius 1 is 1.71 bits per heavy atom. The summed E-state index contributed by atoms with van der Waals surface area (Å²) in [7, 11) is 0. The summed E-state index contributed by atoms with van der Waals surface area (Å²) < 4.78 is 11.3. The number of H-pyrrole nitrogens is 1. The lowest BCUT2D eigenvalue weighted by molar-refractivity contribution is -0.0418. The van der Waals surface area contributed by atoms with Crippen molar-refractivity contribution in [2.75, 3.05) is 12.5 Å². The maximum absolute atomic E-state index is 11.0. The average molecular weight is 257 g/mol. The van der Waals surface area contributed by atoms with Crippen molar-refractivity contribution in [1.29, 1.82) is 0 Å². The van der Waals surface area contributed by atoms with Crippen molar-refractivity contribution in [3.8, 4) is 6.01 Å². The second kappa shape index (κ2) is 3.99. The molecule has 0 radical (unpaired) electrons. The van der Waals surface area contributed by atoms with Crippen LogP contribution in [0, 0.1) is 5.92 Å². The second-order valence-corrected chi connectivity index (χ2v) is 4.96. The zero-order valence-electron chi connectivity index (χ0n) is 9.19. The van der Waals surface area contributed by atoms with Gasteiger partial charge >= 0.3 is 0 Å². The number of fused-ring (bicyclic) bond motifs is 1. The zero-order chi connectivity index (χ0) is 11.9. The normalized spacial score (nSPS) is 34.4. The molecule has 1 aliphatic carbocycles. The summed E-state index contributed by atoms with van der Waals surface area (Å²) in [6, 6.07) is 1.55. The summed E-state index contributed by atoms with van der Waals surface area (Å²) in [5.74, 6) is 1.04. The van der Waals surface area contributed by atoms with Gasteiger partial charge in [0.15, 0.2) is 0 Å². The van der Waals surface area contributed by atoms with E-state index in [0.717, 1.165) is 12.8 Å². The molecule has 3 atom stereocenters. The van der Waals surface area contributed by atoms with E-state index in [1.807, 2.05) is 0 Å². The Labute approximate surface area is 103 Å². The predicted molar refractivity (Wildman–Crippen MR) is 61.4 cm³/mol. The molecule has 1 aromatic rings. The molecule has 0 amide bonds. The van der Waals surface area contributed by atoms with Gasteiger partial charge in [0.2, 0.25) is 0 Å². The van der Waals surface area contributed by atoms with Gasteiger partial charge in [0.25, 0.3) is 11.6 Å². The highest BCUT2D eigenvalue weighted by atomic mass is 35.5. The molecule has 17 heavy (non-hydrogen) atoms. The van der Waals surface area contributed by atoms with Gasteiger partial charge in [-0.25, -0.2) is 0 Å². The van der Waals surface area contributed by atoms with Gasteiger partial charge in [-0.3, -0.25) is 4.79 Å². The van der Waals surface area contributed by atoms with Gasteiger partial charge in [-0.05, 0) is 18.8 Å². The van der Waals surface area contributed by atoms with E-state index in [4.69, 9.17) is 21.1 Å². The van der Waals surface area contributed by atoms with Crippen LogP contribution in [0.3, 0.4) is 0 Å². The Morgan fingerprint density at radius 2 is 2.59 bits per heavy atom. The number of hydrogen-bond acceptors (Lipinski definition) is 4. The van der Waals surface area contributed by atoms with E-state index in [2.05, 4.69) is 9.97 Å². The molecular weight excluding hydrogens is 244 g/mol. The van der Waals surface area contributed by atoms with Crippen molar-refractivity contribution in [2.24, 2.45) is 5.92 Å². The highest BCUT2D eigenvalue weighted by molar-refractivity contribution is 6.18. The monoisotopic (exact) mass is 256 g/mol. The third-order valence-corrected chi connectivity index (χ3v) is 3.74. The minimum absolute atomic E-state index is 0.214. The summed E-state index contributed by atoms with van der Waals surface area (Å²) >= 11 is 5.95. The predicted octanol–water partition coefficient (Wildman–Crippen LogP) is 0.935. The Kier molecular flexibility index (Phi) is 2.60. The van der Waals surface area contributed by atoms with E-state index < -0.39 is 5.60 Å². The number of aromatic nitrogens is 2. The summed E-state index contributed by atoms with van der Waals surface area (Å²) in [6.45, 7) is 0.330. The average Bonchev–Trinajstić information content (AvgIpc) is 2.95. The van der Waals surface area contributed by atoms with Gasteiger partial charge in [0.1, 0.15) is 12.2 Å². The first-order chi connectivity index (χ1) is 8.21. The van der Waals surface area contributed by atoms with Gasteiger partial charge in [0, 0.05) is 12.3 Å². The molecule has 2 aliphatic rings. The van der Waals surface area contributed by atoms with Crippen molar-refractivity contribution in [3.63, 3.8) is 0 Å². The molecule has 0 bridgehead atoms. The molecule has 1 N–H and O–H groups in total. The molecule has 1 saturated heterocycles. The van der Waals surface area contributed by atoms with Crippen LogP contribution in [0.4, 0.5) is 0 Å². The van der Waals surface area contributed by atoms with Gasteiger partial charge in [0.05, 0.1) is 12.0 Å². The Balaban J connectivity index is 1.65. The molecule has 92 valence electrons. The van der Waals surface area contributed by atoms with Crippen molar-refractivity contribution in [1.82, 2.24) is 9.97 Å². The van der Waals surface area contributed by atoms with Crippen LogP contribution in [-0.2, 0) is 4.74 Å². The first-order valence-electron chi connectivity index (χ1n) is 5.63. The fourth-order valence-electron chi connectivity index (χ4n) is 2.27. The lowest BCUT2D eigenvalue weighted by atomic mass is 10.0. The first kappa shape index (κ1) is 11.0. The molecule has 2 fully saturated rings. The standard InChI is InChI=1S/C11H13ClN2O3/c12-5-11(4-7-3-8(7)17-11)6-16-10-13-2-1-9(15)14-10/h1-2,7-8H,3-6H2,(H,13,14,15)/t7?,8-,11+/m0/s1. The van der Waals surface area contributed by atoms with Crippen LogP contribution in [0.25, 0.3) is 0 Å². The van der Waals surface area contributed by atoms with Crippen molar-refractivity contribution < 1.29 is 9.47 Å². The number of ether oxygens (including phenoxy) is 2. The van der Waals surface area contributed by atoms with Crippen LogP contribution < -0.4 is 10.3 Å². The van der Waals surface area contributed by atoms with Crippen LogP contribution in [0.15, 0.2) is 17.1 Å². The Bertz CT molecular complexity index is 466. The number of aromatic amines is 1. The second-order valence-electron chi connectivity index (χ2n) is 4.69. The molecule has 5 nitrogen and oxygen atoms in total. The van der Waals surface area contributed by atoms with Gasteiger partial charge in [-0.15, -0.1) is 11.6 Å². The molecule has 0 spiro atoms. The molecule has 1 saturated carbocycles. The van der Waals surface area contributed by atoms with Crippen LogP contribution in [0.1, 0.15) is 12.8 Å². The van der Waals surface area contributed by atoms with Crippen molar-refractivity contribution >= 4 is 11.6 Å². The minimum Gasteiger partial charge on any atom is -0.462 e. The summed E-state index contributed by atoms with van der Waals surface area (Å²) in [4.78, 5) is 17.5. The van der Waals surface area contributed by atoms with Crippen LogP contribution in [0.2, 0.25) is 0 Å². The fourth-order valence-corrected chi connectivity index (χ4v) is 2.52. The smallest absolute Gasteiger partial charge is 0.297 e. The molecule has 3 rings (SSSR count). The number of halogens is 1. The third kappa shape index (κ3) is 2.17. The summed E-state index contributed by atoms with van der Waals surface area (Å²) in [5.41, 5.74) is -0.738. The highest BCUT2D eigenvalue weighted by Crippen LogP contribution is 2.50. The van der Waals surface area contributed by atoms with Gasteiger partial charge < -0.3 is 14.5 Å². The molecule has 2 heterocycles. The molecule has 1 aliphatic heterocycles. The topological polar surface area (TPSA) is 64.2 Å². The van der Waals surface area contributed by atoms with Crippen LogP contribution in [0.5, 0.6) is 6.01 Å². The molecule has 6 heteroatoms. The Morgan fingerprint density at radius 3 is 3.24 bits per heavy atom. The minimum atomic E-state index is -0.413. The van der Waals surface area contributed by atoms with E-state index in [-0.39, 0.29) is 11.6 Å². The van der Waals surface area contributed by atoms with E-state index >= 15 is 0 Å². The molecular formula is C11H13ClN2O3. The number of alkyl halides is 1. The molecule has 1 unspecified atom stereocenters. The van der Waals surface area contributed by atoms with Crippen molar-refractivity contribution in [2.45, 2.75) is 24.5 Å². The lowest BCUT2D eigenvalue weighted by Crippen LogP contribution is -2.39. The highest BCUT2D eigenvalue weighted by Gasteiger charge is 2.55. The lowest BCUT2D eigenvalue weighted by Gasteiger charge is -2.27. The maximum atomic E-state index is 11.0.